The molecule has 1 aliphatic heterocycles. The van der Waals surface area contributed by atoms with E-state index in [9.17, 15) is 23.2 Å². The molecule has 0 atom stereocenters. The number of para-hydroxylation sites is 1. The van der Waals surface area contributed by atoms with Gasteiger partial charge in [0.2, 0.25) is 0 Å². The van der Waals surface area contributed by atoms with E-state index in [2.05, 4.69) is 22.0 Å². The molecule has 5 nitrogen and oxygen atoms in total. The number of alkyl halides is 3. The first-order valence-electron chi connectivity index (χ1n) is 9.87. The van der Waals surface area contributed by atoms with Crippen molar-refractivity contribution in [3.63, 3.8) is 0 Å². The van der Waals surface area contributed by atoms with Crippen LogP contribution >= 0.6 is 15.9 Å². The Balaban J connectivity index is 1.55. The molecule has 0 spiro atoms. The lowest BCUT2D eigenvalue weighted by atomic mass is 10.1. The Bertz CT molecular complexity index is 1190. The summed E-state index contributed by atoms with van der Waals surface area (Å²) in [4.78, 5) is 16.8. The Labute approximate surface area is 191 Å². The SMILES string of the molecule is N#Cc1ccn(-c2ccccc2Br)c1C(=O)N1CCN(c2cccc(C(F)(F)F)c2)CC1. The number of piperazine rings is 1. The summed E-state index contributed by atoms with van der Waals surface area (Å²) in [5.41, 5.74) is 1.05. The monoisotopic (exact) mass is 502 g/mol. The number of nitriles is 1. The van der Waals surface area contributed by atoms with E-state index in [4.69, 9.17) is 0 Å². The fraction of sp³-hybridized carbons (Fsp3) is 0.217. The molecule has 4 rings (SSSR count). The maximum Gasteiger partial charge on any atom is 0.416 e. The van der Waals surface area contributed by atoms with Gasteiger partial charge in [0.05, 0.1) is 16.8 Å². The molecule has 32 heavy (non-hydrogen) atoms. The summed E-state index contributed by atoms with van der Waals surface area (Å²) in [5, 5.41) is 9.53. The van der Waals surface area contributed by atoms with Crippen molar-refractivity contribution in [1.29, 1.82) is 5.26 Å². The molecule has 0 bridgehead atoms. The second-order valence-corrected chi connectivity index (χ2v) is 8.19. The lowest BCUT2D eigenvalue weighted by molar-refractivity contribution is -0.137. The number of hydrogen-bond acceptors (Lipinski definition) is 3. The third-order valence-corrected chi connectivity index (χ3v) is 6.10. The highest BCUT2D eigenvalue weighted by molar-refractivity contribution is 9.10. The van der Waals surface area contributed by atoms with Crippen LogP contribution in [0.2, 0.25) is 0 Å². The molecule has 1 saturated heterocycles. The number of benzene rings is 2. The maximum absolute atomic E-state index is 13.3. The number of hydrogen-bond donors (Lipinski definition) is 0. The first-order valence-corrected chi connectivity index (χ1v) is 10.7. The van der Waals surface area contributed by atoms with E-state index in [1.54, 1.807) is 27.8 Å². The fourth-order valence-electron chi connectivity index (χ4n) is 3.79. The zero-order valence-electron chi connectivity index (χ0n) is 16.8. The highest BCUT2D eigenvalue weighted by Crippen LogP contribution is 2.32. The molecule has 3 aromatic rings. The molecular formula is C23H18BrF3N4O. The zero-order chi connectivity index (χ0) is 22.9. The summed E-state index contributed by atoms with van der Waals surface area (Å²) in [6, 6.07) is 16.3. The summed E-state index contributed by atoms with van der Waals surface area (Å²) in [6.07, 6.45) is -2.72. The largest absolute Gasteiger partial charge is 0.416 e. The molecule has 0 N–H and O–H groups in total. The third-order valence-electron chi connectivity index (χ3n) is 5.43. The first kappa shape index (κ1) is 22.0. The van der Waals surface area contributed by atoms with E-state index in [1.807, 2.05) is 29.2 Å². The standard InChI is InChI=1S/C23H18BrF3N4O/c24-19-6-1-2-7-20(19)31-9-8-16(15-28)21(31)22(32)30-12-10-29(11-13-30)18-5-3-4-17(14-18)23(25,26)27/h1-9,14H,10-13H2. The number of halogens is 4. The van der Waals surface area contributed by atoms with Gasteiger partial charge in [-0.1, -0.05) is 18.2 Å². The lowest BCUT2D eigenvalue weighted by Crippen LogP contribution is -2.49. The summed E-state index contributed by atoms with van der Waals surface area (Å²) in [5.74, 6) is -0.286. The molecule has 1 amide bonds. The zero-order valence-corrected chi connectivity index (χ0v) is 18.4. The van der Waals surface area contributed by atoms with Crippen LogP contribution < -0.4 is 4.90 Å². The molecule has 1 fully saturated rings. The third kappa shape index (κ3) is 4.23. The molecule has 2 aromatic carbocycles. The highest BCUT2D eigenvalue weighted by atomic mass is 79.9. The van der Waals surface area contributed by atoms with Gasteiger partial charge in [0.1, 0.15) is 11.8 Å². The molecule has 1 aromatic heterocycles. The minimum absolute atomic E-state index is 0.270. The summed E-state index contributed by atoms with van der Waals surface area (Å²) < 4.78 is 41.6. The number of anilines is 1. The average Bonchev–Trinajstić information content (AvgIpc) is 3.22. The van der Waals surface area contributed by atoms with E-state index in [0.29, 0.717) is 31.9 Å². The molecular weight excluding hydrogens is 485 g/mol. The lowest BCUT2D eigenvalue weighted by Gasteiger charge is -2.36. The quantitative estimate of drug-likeness (QED) is 0.501. The van der Waals surface area contributed by atoms with Gasteiger partial charge in [0, 0.05) is 42.5 Å². The summed E-state index contributed by atoms with van der Waals surface area (Å²) >= 11 is 3.48. The van der Waals surface area contributed by atoms with Crippen LogP contribution in [0.25, 0.3) is 5.69 Å². The Kier molecular flexibility index (Phi) is 5.98. The van der Waals surface area contributed by atoms with Crippen LogP contribution in [-0.2, 0) is 6.18 Å². The van der Waals surface area contributed by atoms with Crippen LogP contribution in [0, 0.1) is 11.3 Å². The van der Waals surface area contributed by atoms with Crippen molar-refractivity contribution in [2.75, 3.05) is 31.1 Å². The van der Waals surface area contributed by atoms with Gasteiger partial charge < -0.3 is 14.4 Å². The van der Waals surface area contributed by atoms with Gasteiger partial charge in [-0.2, -0.15) is 18.4 Å². The molecule has 0 saturated carbocycles. The van der Waals surface area contributed by atoms with E-state index in [1.165, 1.54) is 6.07 Å². The number of nitrogens with zero attached hydrogens (tertiary/aromatic N) is 4. The van der Waals surface area contributed by atoms with Crippen LogP contribution in [0.4, 0.5) is 18.9 Å². The Morgan fingerprint density at radius 3 is 2.38 bits per heavy atom. The van der Waals surface area contributed by atoms with Crippen molar-refractivity contribution >= 4 is 27.5 Å². The van der Waals surface area contributed by atoms with Gasteiger partial charge in [0.25, 0.3) is 5.91 Å². The Morgan fingerprint density at radius 2 is 1.72 bits per heavy atom. The second kappa shape index (κ2) is 8.71. The molecule has 0 radical (unpaired) electrons. The van der Waals surface area contributed by atoms with Crippen molar-refractivity contribution in [3.05, 3.63) is 82.1 Å². The van der Waals surface area contributed by atoms with Gasteiger partial charge in [-0.15, -0.1) is 0 Å². The number of aromatic nitrogens is 1. The molecule has 2 heterocycles. The van der Waals surface area contributed by atoms with Crippen LogP contribution in [0.15, 0.2) is 65.3 Å². The van der Waals surface area contributed by atoms with Crippen molar-refractivity contribution in [2.45, 2.75) is 6.18 Å². The van der Waals surface area contributed by atoms with Gasteiger partial charge in [0.15, 0.2) is 0 Å². The number of carbonyl (C=O) groups excluding carboxylic acids is 1. The summed E-state index contributed by atoms with van der Waals surface area (Å²) in [6.45, 7) is 1.46. The number of amides is 1. The van der Waals surface area contributed by atoms with Crippen molar-refractivity contribution in [2.24, 2.45) is 0 Å². The summed E-state index contributed by atoms with van der Waals surface area (Å²) in [7, 11) is 0. The smallest absolute Gasteiger partial charge is 0.368 e. The second-order valence-electron chi connectivity index (χ2n) is 7.34. The predicted molar refractivity (Wildman–Crippen MR) is 118 cm³/mol. The van der Waals surface area contributed by atoms with Gasteiger partial charge in [-0.25, -0.2) is 0 Å². The Hall–Kier alpha value is -3.25. The molecule has 164 valence electrons. The molecule has 0 unspecified atom stereocenters. The van der Waals surface area contributed by atoms with E-state index in [-0.39, 0.29) is 17.2 Å². The van der Waals surface area contributed by atoms with Crippen molar-refractivity contribution < 1.29 is 18.0 Å². The van der Waals surface area contributed by atoms with Crippen LogP contribution in [-0.4, -0.2) is 41.6 Å². The minimum Gasteiger partial charge on any atom is -0.368 e. The fourth-order valence-corrected chi connectivity index (χ4v) is 4.26. The molecule has 1 aliphatic rings. The van der Waals surface area contributed by atoms with E-state index in [0.717, 1.165) is 22.3 Å². The van der Waals surface area contributed by atoms with E-state index >= 15 is 0 Å². The van der Waals surface area contributed by atoms with Crippen molar-refractivity contribution in [1.82, 2.24) is 9.47 Å². The maximum atomic E-state index is 13.3. The highest BCUT2D eigenvalue weighted by Gasteiger charge is 2.32. The van der Waals surface area contributed by atoms with Crippen molar-refractivity contribution in [3.8, 4) is 11.8 Å². The van der Waals surface area contributed by atoms with E-state index < -0.39 is 11.7 Å². The normalized spacial score (nSPS) is 14.3. The van der Waals surface area contributed by atoms with Gasteiger partial charge in [-0.05, 0) is 52.3 Å². The molecule has 9 heteroatoms. The first-order chi connectivity index (χ1) is 15.3. The topological polar surface area (TPSA) is 52.3 Å². The van der Waals surface area contributed by atoms with Gasteiger partial charge in [-0.3, -0.25) is 4.79 Å². The minimum atomic E-state index is -4.40. The predicted octanol–water partition coefficient (Wildman–Crippen LogP) is 5.09. The van der Waals surface area contributed by atoms with Crippen LogP contribution in [0.1, 0.15) is 21.6 Å². The Morgan fingerprint density at radius 1 is 1.00 bits per heavy atom. The van der Waals surface area contributed by atoms with Crippen LogP contribution in [0.5, 0.6) is 0 Å². The average molecular weight is 503 g/mol. The van der Waals surface area contributed by atoms with Crippen LogP contribution in [0.3, 0.4) is 0 Å². The molecule has 0 aliphatic carbocycles. The number of carbonyl (C=O) groups is 1. The number of rotatable bonds is 3. The van der Waals surface area contributed by atoms with Gasteiger partial charge >= 0.3 is 6.18 Å².